The van der Waals surface area contributed by atoms with Crippen LogP contribution in [0.15, 0.2) is 78.9 Å². The molecule has 0 radical (unpaired) electrons. The predicted octanol–water partition coefficient (Wildman–Crippen LogP) is 4.35. The van der Waals surface area contributed by atoms with Gasteiger partial charge in [0.1, 0.15) is 36.6 Å². The molecule has 1 aliphatic carbocycles. The lowest BCUT2D eigenvalue weighted by molar-refractivity contribution is -0.348. The van der Waals surface area contributed by atoms with Crippen LogP contribution in [0.25, 0.3) is 11.1 Å². The Hall–Kier alpha value is -4.33. The minimum atomic E-state index is -1.34. The summed E-state index contributed by atoms with van der Waals surface area (Å²) < 4.78 is 35.8. The van der Waals surface area contributed by atoms with Gasteiger partial charge in [-0.05, 0) is 49.9 Å². The smallest absolute Gasteiger partial charge is 0.407 e. The topological polar surface area (TPSA) is 151 Å². The Kier molecular flexibility index (Phi) is 10.6. The second-order valence-corrected chi connectivity index (χ2v) is 13.8. The normalized spacial score (nSPS) is 25.6. The van der Waals surface area contributed by atoms with Crippen LogP contribution < -0.4 is 10.6 Å². The lowest BCUT2D eigenvalue weighted by atomic mass is 9.95. The fourth-order valence-corrected chi connectivity index (χ4v) is 6.67. The molecule has 8 atom stereocenters. The number of benzene rings is 3. The summed E-state index contributed by atoms with van der Waals surface area (Å²) in [5, 5.41) is 16.8. The average Bonchev–Trinajstić information content (AvgIpc) is 3.40. The van der Waals surface area contributed by atoms with Gasteiger partial charge in [0.25, 0.3) is 0 Å². The van der Waals surface area contributed by atoms with Gasteiger partial charge in [-0.1, -0.05) is 78.9 Å². The van der Waals surface area contributed by atoms with E-state index in [1.807, 2.05) is 78.9 Å². The monoisotopic (exact) mass is 688 g/mol. The molecule has 0 spiro atoms. The fourth-order valence-electron chi connectivity index (χ4n) is 6.67. The van der Waals surface area contributed by atoms with Crippen LogP contribution in [0.4, 0.5) is 4.79 Å². The number of hydrogen-bond donors (Lipinski definition) is 3. The van der Waals surface area contributed by atoms with Crippen molar-refractivity contribution in [2.24, 2.45) is 0 Å². The molecule has 3 N–H and O–H groups in total. The van der Waals surface area contributed by atoms with E-state index in [1.165, 1.54) is 6.92 Å². The molecule has 3 aromatic rings. The third-order valence-electron chi connectivity index (χ3n) is 8.90. The van der Waals surface area contributed by atoms with E-state index in [2.05, 4.69) is 10.6 Å². The third kappa shape index (κ3) is 7.85. The molecule has 2 fully saturated rings. The zero-order valence-corrected chi connectivity index (χ0v) is 28.7. The quantitative estimate of drug-likeness (QED) is 0.277. The number of aliphatic hydroxyl groups excluding tert-OH is 1. The molecule has 2 amide bonds. The van der Waals surface area contributed by atoms with E-state index < -0.39 is 72.7 Å². The largest absolute Gasteiger partial charge is 0.458 e. The van der Waals surface area contributed by atoms with Crippen LogP contribution in [-0.4, -0.2) is 84.7 Å². The number of aliphatic hydroxyl groups is 1. The summed E-state index contributed by atoms with van der Waals surface area (Å²) in [4.78, 5) is 39.1. The molecule has 0 saturated carbocycles. The van der Waals surface area contributed by atoms with E-state index in [4.69, 9.17) is 28.4 Å². The van der Waals surface area contributed by atoms with Gasteiger partial charge in [-0.3, -0.25) is 4.79 Å². The van der Waals surface area contributed by atoms with E-state index in [0.717, 1.165) is 27.8 Å². The first-order chi connectivity index (χ1) is 23.9. The van der Waals surface area contributed by atoms with Crippen molar-refractivity contribution in [2.75, 3.05) is 13.2 Å². The molecule has 1 unspecified atom stereocenters. The zero-order valence-electron chi connectivity index (χ0n) is 28.7. The second kappa shape index (κ2) is 14.9. The Morgan fingerprint density at radius 1 is 0.920 bits per heavy atom. The minimum Gasteiger partial charge on any atom is -0.458 e. The van der Waals surface area contributed by atoms with Gasteiger partial charge in [-0.15, -0.1) is 0 Å². The van der Waals surface area contributed by atoms with Crippen molar-refractivity contribution < 1.29 is 47.9 Å². The molecule has 6 rings (SSSR count). The van der Waals surface area contributed by atoms with E-state index >= 15 is 0 Å². The molecule has 2 aliphatic heterocycles. The van der Waals surface area contributed by atoms with Crippen LogP contribution >= 0.6 is 0 Å². The van der Waals surface area contributed by atoms with Gasteiger partial charge in [0, 0.05) is 18.4 Å². The highest BCUT2D eigenvalue weighted by Gasteiger charge is 2.51. The van der Waals surface area contributed by atoms with Crippen molar-refractivity contribution >= 4 is 18.0 Å². The minimum absolute atomic E-state index is 0.0334. The Morgan fingerprint density at radius 3 is 2.16 bits per heavy atom. The molecule has 2 saturated heterocycles. The molecular weight excluding hydrogens is 644 g/mol. The highest BCUT2D eigenvalue weighted by molar-refractivity contribution is 5.83. The number of hydrogen-bond acceptors (Lipinski definition) is 10. The SMILES string of the molecule is CC(=O)N[C@H]1[C@@H](O[C@H](C)[C@H](NC(=O)OCC2c3ccccc3-c3ccccc32)C(=O)OC(C)(C)C)O[C@@H]2COC(c3ccccc3)O[C@@H]2[C@@H]1O. The third-order valence-corrected chi connectivity index (χ3v) is 8.90. The lowest BCUT2D eigenvalue weighted by Crippen LogP contribution is -2.67. The summed E-state index contributed by atoms with van der Waals surface area (Å²) >= 11 is 0. The van der Waals surface area contributed by atoms with Gasteiger partial charge >= 0.3 is 12.1 Å². The number of amides is 2. The number of nitrogens with one attached hydrogen (secondary N) is 2. The summed E-state index contributed by atoms with van der Waals surface area (Å²) in [6.07, 6.45) is -6.80. The van der Waals surface area contributed by atoms with Gasteiger partial charge in [0.05, 0.1) is 12.7 Å². The molecule has 12 heteroatoms. The maximum atomic E-state index is 13.5. The number of carbonyl (C=O) groups is 3. The Bertz CT molecular complexity index is 1630. The van der Waals surface area contributed by atoms with Crippen LogP contribution in [0, 0.1) is 0 Å². The van der Waals surface area contributed by atoms with Crippen molar-refractivity contribution in [3.8, 4) is 11.1 Å². The summed E-state index contributed by atoms with van der Waals surface area (Å²) in [6, 6.07) is 22.8. The van der Waals surface area contributed by atoms with Gasteiger partial charge in [0.15, 0.2) is 18.6 Å². The van der Waals surface area contributed by atoms with E-state index in [0.29, 0.717) is 0 Å². The first kappa shape index (κ1) is 35.5. The highest BCUT2D eigenvalue weighted by Crippen LogP contribution is 2.44. The van der Waals surface area contributed by atoms with Gasteiger partial charge < -0.3 is 44.2 Å². The van der Waals surface area contributed by atoms with Crippen molar-refractivity contribution in [3.63, 3.8) is 0 Å². The first-order valence-corrected chi connectivity index (χ1v) is 16.8. The van der Waals surface area contributed by atoms with Crippen molar-refractivity contribution in [2.45, 2.75) is 95.2 Å². The number of ether oxygens (including phenoxy) is 6. The van der Waals surface area contributed by atoms with Crippen molar-refractivity contribution in [1.82, 2.24) is 10.6 Å². The summed E-state index contributed by atoms with van der Waals surface area (Å²) in [5.41, 5.74) is 4.14. The first-order valence-electron chi connectivity index (χ1n) is 16.8. The molecule has 12 nitrogen and oxygen atoms in total. The predicted molar refractivity (Wildman–Crippen MR) is 181 cm³/mol. The van der Waals surface area contributed by atoms with Gasteiger partial charge in [-0.2, -0.15) is 0 Å². The summed E-state index contributed by atoms with van der Waals surface area (Å²) in [6.45, 7) is 8.09. The number of carbonyl (C=O) groups excluding carboxylic acids is 3. The number of alkyl carbamates (subject to hydrolysis) is 1. The molecular formula is C38H44N2O10. The highest BCUT2D eigenvalue weighted by atomic mass is 16.7. The summed E-state index contributed by atoms with van der Waals surface area (Å²) in [7, 11) is 0. The van der Waals surface area contributed by atoms with Crippen LogP contribution in [0.3, 0.4) is 0 Å². The zero-order chi connectivity index (χ0) is 35.6. The standard InChI is InChI=1S/C38H44N2O10/c1-21(47-36-31(39-22(2)41)32(42)33-29(48-36)20-45-35(49-33)23-13-7-6-8-14-23)30(34(43)50-38(3,4)5)40-37(44)46-19-28-26-17-11-9-15-24(26)25-16-10-12-18-27(25)28/h6-18,21,28-33,35-36,42H,19-20H2,1-5H3,(H,39,41)(H,40,44)/t21-,29-,30+,31-,32-,33+,35?,36+/m1/s1. The maximum absolute atomic E-state index is 13.5. The van der Waals surface area contributed by atoms with Crippen LogP contribution in [-0.2, 0) is 38.0 Å². The maximum Gasteiger partial charge on any atom is 0.407 e. The average molecular weight is 689 g/mol. The Balaban J connectivity index is 1.16. The number of esters is 1. The number of rotatable bonds is 9. The fraction of sp³-hybridized carbons (Fsp3) is 0.447. The van der Waals surface area contributed by atoms with Crippen molar-refractivity contribution in [3.05, 3.63) is 95.6 Å². The van der Waals surface area contributed by atoms with Crippen molar-refractivity contribution in [1.29, 1.82) is 0 Å². The Morgan fingerprint density at radius 2 is 1.54 bits per heavy atom. The molecule has 0 aromatic heterocycles. The van der Waals surface area contributed by atoms with E-state index in [-0.39, 0.29) is 19.1 Å². The molecule has 50 heavy (non-hydrogen) atoms. The van der Waals surface area contributed by atoms with Crippen LogP contribution in [0.5, 0.6) is 0 Å². The summed E-state index contributed by atoms with van der Waals surface area (Å²) in [5.74, 6) is -1.39. The molecule has 3 aromatic carbocycles. The van der Waals surface area contributed by atoms with Crippen LogP contribution in [0.2, 0.25) is 0 Å². The molecule has 0 bridgehead atoms. The second-order valence-electron chi connectivity index (χ2n) is 13.8. The number of fused-ring (bicyclic) bond motifs is 4. The lowest BCUT2D eigenvalue weighted by Gasteiger charge is -2.48. The molecule has 3 aliphatic rings. The van der Waals surface area contributed by atoms with E-state index in [9.17, 15) is 19.5 Å². The van der Waals surface area contributed by atoms with E-state index in [1.54, 1.807) is 27.7 Å². The Labute approximate surface area is 291 Å². The van der Waals surface area contributed by atoms with Crippen LogP contribution in [0.1, 0.15) is 63.5 Å². The van der Waals surface area contributed by atoms with Gasteiger partial charge in [0.2, 0.25) is 5.91 Å². The molecule has 2 heterocycles. The van der Waals surface area contributed by atoms with Gasteiger partial charge in [-0.25, -0.2) is 9.59 Å². The molecule has 266 valence electrons.